The van der Waals surface area contributed by atoms with Gasteiger partial charge in [-0.3, -0.25) is 0 Å². The van der Waals surface area contributed by atoms with E-state index in [0.29, 0.717) is 0 Å². The normalized spacial score (nSPS) is 9.30. The Bertz CT molecular complexity index is 264. The number of hydrogen-bond donors (Lipinski definition) is 2. The Kier molecular flexibility index (Phi) is 1.86. The molecule has 52 valence electrons. The van der Waals surface area contributed by atoms with Gasteiger partial charge in [-0.05, 0) is 6.07 Å². The van der Waals surface area contributed by atoms with Crippen LogP contribution < -0.4 is 0 Å². The van der Waals surface area contributed by atoms with Crippen LogP contribution in [0.1, 0.15) is 0 Å². The summed E-state index contributed by atoms with van der Waals surface area (Å²) >= 11 is 3.82. The summed E-state index contributed by atoms with van der Waals surface area (Å²) in [5.41, 5.74) is 0.0471. The molecule has 0 aliphatic carbocycles. The van der Waals surface area contributed by atoms with Gasteiger partial charge in [0.2, 0.25) is 0 Å². The molecule has 0 spiro atoms. The molecule has 0 saturated carbocycles. The number of rotatable bonds is 1. The van der Waals surface area contributed by atoms with Gasteiger partial charge in [0.1, 0.15) is 0 Å². The maximum absolute atomic E-state index is 10.2. The highest BCUT2D eigenvalue weighted by Gasteiger charge is 2.15. The summed E-state index contributed by atoms with van der Waals surface area (Å²) in [7, 11) is 0. The van der Waals surface area contributed by atoms with Crippen LogP contribution in [0, 0.1) is 4.91 Å². The van der Waals surface area contributed by atoms with Gasteiger partial charge in [-0.2, -0.15) is 0 Å². The van der Waals surface area contributed by atoms with Crippen molar-refractivity contribution in [2.45, 2.75) is 5.03 Å². The lowest BCUT2D eigenvalue weighted by Crippen LogP contribution is -1.93. The molecule has 10 heavy (non-hydrogen) atoms. The molecule has 0 atom stereocenters. The van der Waals surface area contributed by atoms with Gasteiger partial charge < -0.3 is 0 Å². The summed E-state index contributed by atoms with van der Waals surface area (Å²) in [6.07, 6.45) is 1.48. The molecule has 0 fully saturated rings. The predicted octanol–water partition coefficient (Wildman–Crippen LogP) is 1.17. The molecule has 0 aliphatic heterocycles. The molecule has 4 nitrogen and oxygen atoms in total. The van der Waals surface area contributed by atoms with Crippen molar-refractivity contribution in [2.75, 3.05) is 0 Å². The maximum atomic E-state index is 10.2. The van der Waals surface area contributed by atoms with Gasteiger partial charge in [-0.1, -0.05) is 0 Å². The van der Waals surface area contributed by atoms with E-state index in [1.54, 1.807) is 0 Å². The van der Waals surface area contributed by atoms with E-state index in [2.05, 4.69) is 17.6 Å². The molecule has 0 saturated heterocycles. The summed E-state index contributed by atoms with van der Waals surface area (Å²) in [5, 5.41) is 8.60. The second-order valence-electron chi connectivity index (χ2n) is 1.62. The average Bonchev–Trinajstić information content (AvgIpc) is 1.88. The first-order chi connectivity index (χ1) is 4.72. The summed E-state index contributed by atoms with van der Waals surface area (Å²) in [4.78, 5) is 13.6. The summed E-state index contributed by atoms with van der Waals surface area (Å²) < 4.78 is 0. The molecule has 1 rings (SSSR count). The largest absolute Gasteiger partial charge is 0.348 e. The predicted molar refractivity (Wildman–Crippen MR) is 36.6 cm³/mol. The van der Waals surface area contributed by atoms with Gasteiger partial charge in [0, 0.05) is 12.3 Å². The van der Waals surface area contributed by atoms with Crippen molar-refractivity contribution >= 4 is 18.3 Å². The van der Waals surface area contributed by atoms with Gasteiger partial charge in [-0.25, -0.2) is 10.2 Å². The molecule has 5 heteroatoms. The van der Waals surface area contributed by atoms with Crippen molar-refractivity contribution in [3.05, 3.63) is 23.2 Å². The van der Waals surface area contributed by atoms with Crippen molar-refractivity contribution < 1.29 is 10.1 Å². The second kappa shape index (κ2) is 2.66. The molecule has 1 heterocycles. The SMILES string of the molecule is O=[N+](O)c1cccnc1S. The van der Waals surface area contributed by atoms with Gasteiger partial charge in [-0.15, -0.1) is 12.6 Å². The van der Waals surface area contributed by atoms with Crippen LogP contribution >= 0.6 is 12.6 Å². The fourth-order valence-corrected chi connectivity index (χ4v) is 0.765. The Balaban J connectivity index is 3.15. The number of thiol groups is 1. The van der Waals surface area contributed by atoms with Crippen molar-refractivity contribution in [3.8, 4) is 0 Å². The lowest BCUT2D eigenvalue weighted by molar-refractivity contribution is -0.731. The van der Waals surface area contributed by atoms with Crippen LogP contribution in [0.5, 0.6) is 0 Å². The fraction of sp³-hybridized carbons (Fsp3) is 0. The third-order valence-electron chi connectivity index (χ3n) is 0.972. The zero-order valence-corrected chi connectivity index (χ0v) is 5.82. The van der Waals surface area contributed by atoms with Gasteiger partial charge in [0.25, 0.3) is 4.92 Å². The van der Waals surface area contributed by atoms with Crippen LogP contribution in [0.15, 0.2) is 23.4 Å². The highest BCUT2D eigenvalue weighted by molar-refractivity contribution is 7.80. The van der Waals surface area contributed by atoms with Gasteiger partial charge >= 0.3 is 5.69 Å². The van der Waals surface area contributed by atoms with E-state index in [9.17, 15) is 4.91 Å². The first kappa shape index (κ1) is 7.01. The Labute approximate surface area is 62.5 Å². The lowest BCUT2D eigenvalue weighted by atomic mass is 10.4. The number of pyridine rings is 1. The maximum Gasteiger partial charge on any atom is 0.348 e. The average molecular weight is 157 g/mol. The highest BCUT2D eigenvalue weighted by atomic mass is 32.1. The molecule has 1 N–H and O–H groups in total. The van der Waals surface area contributed by atoms with Gasteiger partial charge in [0.05, 0.1) is 4.91 Å². The quantitative estimate of drug-likeness (QED) is 0.475. The molecular weight excluding hydrogens is 152 g/mol. The monoisotopic (exact) mass is 157 g/mol. The molecule has 0 amide bonds. The first-order valence-electron chi connectivity index (χ1n) is 2.52. The minimum Gasteiger partial charge on any atom is -0.243 e. The van der Waals surface area contributed by atoms with Crippen LogP contribution in [0.2, 0.25) is 0 Å². The highest BCUT2D eigenvalue weighted by Crippen LogP contribution is 2.16. The standard InChI is InChI=1S/C5H4N2O2S/c8-7(9)4-2-1-3-6-5(4)10/h1-3H,(H-,6,8,9,10)/p+1. The van der Waals surface area contributed by atoms with Crippen LogP contribution in [0.3, 0.4) is 0 Å². The Morgan fingerprint density at radius 2 is 2.40 bits per heavy atom. The molecule has 0 unspecified atom stereocenters. The van der Waals surface area contributed by atoms with Crippen molar-refractivity contribution in [2.24, 2.45) is 0 Å². The van der Waals surface area contributed by atoms with E-state index in [1.807, 2.05) is 0 Å². The van der Waals surface area contributed by atoms with Crippen molar-refractivity contribution in [3.63, 3.8) is 0 Å². The molecule has 0 aliphatic rings. The van der Waals surface area contributed by atoms with E-state index >= 15 is 0 Å². The Hall–Kier alpha value is -1.10. The van der Waals surface area contributed by atoms with Crippen LogP contribution in [-0.4, -0.2) is 15.1 Å². The molecular formula is C5H5N2O2S+. The van der Waals surface area contributed by atoms with E-state index in [4.69, 9.17) is 5.21 Å². The van der Waals surface area contributed by atoms with Crippen molar-refractivity contribution in [1.29, 1.82) is 0 Å². The fourth-order valence-electron chi connectivity index (χ4n) is 0.538. The number of aromatic nitrogens is 1. The molecule has 1 aromatic heterocycles. The first-order valence-corrected chi connectivity index (χ1v) is 2.96. The molecule has 0 aromatic carbocycles. The van der Waals surface area contributed by atoms with Gasteiger partial charge in [0.15, 0.2) is 5.03 Å². The smallest absolute Gasteiger partial charge is 0.243 e. The van der Waals surface area contributed by atoms with E-state index in [0.717, 1.165) is 0 Å². The third kappa shape index (κ3) is 1.24. The third-order valence-corrected chi connectivity index (χ3v) is 1.32. The van der Waals surface area contributed by atoms with E-state index in [-0.39, 0.29) is 15.6 Å². The summed E-state index contributed by atoms with van der Waals surface area (Å²) in [6, 6.07) is 2.96. The minimum absolute atomic E-state index is 0.0471. The summed E-state index contributed by atoms with van der Waals surface area (Å²) in [5.74, 6) is 0. The topological polar surface area (TPSA) is 53.2 Å². The second-order valence-corrected chi connectivity index (χ2v) is 2.04. The van der Waals surface area contributed by atoms with Crippen LogP contribution in [-0.2, 0) is 0 Å². The zero-order chi connectivity index (χ0) is 7.56. The number of hydrogen-bond acceptors (Lipinski definition) is 3. The minimum atomic E-state index is -0.269. The van der Waals surface area contributed by atoms with Crippen LogP contribution in [0.4, 0.5) is 5.69 Å². The van der Waals surface area contributed by atoms with Crippen LogP contribution in [0.25, 0.3) is 0 Å². The van der Waals surface area contributed by atoms with Crippen molar-refractivity contribution in [1.82, 2.24) is 4.98 Å². The summed E-state index contributed by atoms with van der Waals surface area (Å²) in [6.45, 7) is 0. The molecule has 1 aromatic rings. The zero-order valence-electron chi connectivity index (χ0n) is 4.93. The Morgan fingerprint density at radius 1 is 1.70 bits per heavy atom. The van der Waals surface area contributed by atoms with E-state index in [1.165, 1.54) is 18.3 Å². The Morgan fingerprint density at radius 3 is 2.80 bits per heavy atom. The molecule has 0 bridgehead atoms. The molecule has 0 radical (unpaired) electrons. The lowest BCUT2D eigenvalue weighted by Gasteiger charge is -1.86. The van der Waals surface area contributed by atoms with E-state index < -0.39 is 0 Å². The number of nitrogens with zero attached hydrogens (tertiary/aromatic N) is 2.